The molecule has 3 saturated carbocycles. The molecule has 0 unspecified atom stereocenters. The summed E-state index contributed by atoms with van der Waals surface area (Å²) in [5.74, 6) is 2.82. The molecule has 0 heterocycles. The molecular formula is C21H43N3Si. The summed E-state index contributed by atoms with van der Waals surface area (Å²) in [5.41, 5.74) is 0. The lowest BCUT2D eigenvalue weighted by Crippen LogP contribution is -2.61. The van der Waals surface area contributed by atoms with Crippen LogP contribution in [-0.4, -0.2) is 28.9 Å². The molecule has 3 rings (SSSR count). The highest BCUT2D eigenvalue weighted by molar-refractivity contribution is 6.50. The first-order valence-electron chi connectivity index (χ1n) is 11.6. The van der Waals surface area contributed by atoms with Crippen molar-refractivity contribution in [3.05, 3.63) is 0 Å². The van der Waals surface area contributed by atoms with Crippen molar-refractivity contribution in [1.29, 1.82) is 0 Å². The van der Waals surface area contributed by atoms with Crippen LogP contribution in [0.4, 0.5) is 0 Å². The Kier molecular flexibility index (Phi) is 9.32. The summed E-state index contributed by atoms with van der Waals surface area (Å²) >= 11 is 0. The first-order valence-corrected chi connectivity index (χ1v) is 13.3. The zero-order valence-electron chi connectivity index (χ0n) is 16.5. The molecule has 0 aromatic rings. The van der Waals surface area contributed by atoms with E-state index in [-0.39, 0.29) is 0 Å². The molecule has 146 valence electrons. The van der Waals surface area contributed by atoms with Gasteiger partial charge in [-0.3, -0.25) is 0 Å². The Morgan fingerprint density at radius 1 is 0.440 bits per heavy atom. The molecule has 3 N–H and O–H groups in total. The summed E-state index contributed by atoms with van der Waals surface area (Å²) in [4.78, 5) is 12.0. The van der Waals surface area contributed by atoms with Gasteiger partial charge in [0, 0.05) is 0 Å². The normalized spacial score (nSPS) is 24.8. The third kappa shape index (κ3) is 7.70. The summed E-state index contributed by atoms with van der Waals surface area (Å²) in [6.07, 6.45) is 21.9. The quantitative estimate of drug-likeness (QED) is 0.536. The number of nitrogens with one attached hydrogen (secondary N) is 3. The van der Waals surface area contributed by atoms with Gasteiger partial charge in [0.25, 0.3) is 9.28 Å². The van der Waals surface area contributed by atoms with Crippen LogP contribution in [0.1, 0.15) is 96.3 Å². The van der Waals surface area contributed by atoms with Gasteiger partial charge in [0.05, 0.1) is 0 Å². The Hall–Kier alpha value is 0.0969. The first-order chi connectivity index (χ1) is 12.4. The second-order valence-corrected chi connectivity index (χ2v) is 11.3. The molecule has 0 spiro atoms. The maximum Gasteiger partial charge on any atom is 0.264 e. The molecule has 3 fully saturated rings. The van der Waals surface area contributed by atoms with Gasteiger partial charge in [0.1, 0.15) is 0 Å². The maximum atomic E-state index is 3.99. The molecule has 3 aliphatic rings. The fourth-order valence-electron chi connectivity index (χ4n) is 5.24. The van der Waals surface area contributed by atoms with E-state index in [1.54, 1.807) is 0 Å². The highest BCUT2D eigenvalue weighted by Gasteiger charge is 2.21. The molecule has 3 aliphatic carbocycles. The second-order valence-electron chi connectivity index (χ2n) is 9.17. The average molecular weight is 366 g/mol. The molecule has 25 heavy (non-hydrogen) atoms. The molecule has 0 aromatic heterocycles. The fourth-order valence-corrected chi connectivity index (χ4v) is 7.38. The predicted molar refractivity (Wildman–Crippen MR) is 111 cm³/mol. The van der Waals surface area contributed by atoms with E-state index in [1.165, 1.54) is 116 Å². The van der Waals surface area contributed by atoms with E-state index in [4.69, 9.17) is 0 Å². The van der Waals surface area contributed by atoms with Crippen molar-refractivity contribution in [1.82, 2.24) is 14.9 Å². The van der Waals surface area contributed by atoms with Gasteiger partial charge in [-0.05, 0) is 75.9 Å². The van der Waals surface area contributed by atoms with E-state index in [9.17, 15) is 0 Å². The largest absolute Gasteiger partial charge is 0.316 e. The Morgan fingerprint density at radius 3 is 1.00 bits per heavy atom. The van der Waals surface area contributed by atoms with Crippen LogP contribution < -0.4 is 14.9 Å². The standard InChI is InChI=1S/C21H43N3Si/c1-4-10-19(11-5-1)16-22-25(23-17-20-12-6-2-7-13-20)24-18-21-14-8-3-9-15-21/h19-25H,1-18H2. The third-order valence-electron chi connectivity index (χ3n) is 7.01. The van der Waals surface area contributed by atoms with E-state index in [0.717, 1.165) is 17.8 Å². The zero-order valence-corrected chi connectivity index (χ0v) is 17.7. The Balaban J connectivity index is 1.39. The number of rotatable bonds is 9. The van der Waals surface area contributed by atoms with Gasteiger partial charge in [-0.25, -0.2) is 0 Å². The number of hydrogen-bond acceptors (Lipinski definition) is 3. The second kappa shape index (κ2) is 11.7. The molecule has 0 amide bonds. The van der Waals surface area contributed by atoms with E-state index < -0.39 is 9.28 Å². The summed E-state index contributed by atoms with van der Waals surface area (Å²) in [7, 11) is -1.20. The highest BCUT2D eigenvalue weighted by Crippen LogP contribution is 2.24. The van der Waals surface area contributed by atoms with Crippen LogP contribution in [0.15, 0.2) is 0 Å². The Morgan fingerprint density at radius 2 is 0.720 bits per heavy atom. The minimum atomic E-state index is -1.20. The topological polar surface area (TPSA) is 36.1 Å². The Bertz CT molecular complexity index is 282. The molecule has 0 saturated heterocycles. The van der Waals surface area contributed by atoms with E-state index in [0.29, 0.717) is 0 Å². The van der Waals surface area contributed by atoms with Crippen LogP contribution in [0, 0.1) is 17.8 Å². The third-order valence-corrected chi connectivity index (χ3v) is 8.94. The van der Waals surface area contributed by atoms with E-state index in [2.05, 4.69) is 14.9 Å². The number of hydrogen-bond donors (Lipinski definition) is 3. The lowest BCUT2D eigenvalue weighted by atomic mass is 9.89. The lowest BCUT2D eigenvalue weighted by molar-refractivity contribution is 0.342. The molecule has 4 heteroatoms. The SMILES string of the molecule is C1CCC(CN[SiH](NCC2CCCCC2)NCC2CCCCC2)CC1. The molecule has 0 aromatic carbocycles. The minimum absolute atomic E-state index is 0.941. The van der Waals surface area contributed by atoms with Crippen LogP contribution >= 0.6 is 0 Å². The van der Waals surface area contributed by atoms with E-state index in [1.807, 2.05) is 0 Å². The van der Waals surface area contributed by atoms with Crippen molar-refractivity contribution in [2.45, 2.75) is 96.3 Å². The van der Waals surface area contributed by atoms with Crippen molar-refractivity contribution < 1.29 is 0 Å². The van der Waals surface area contributed by atoms with Gasteiger partial charge in [-0.15, -0.1) is 0 Å². The average Bonchev–Trinajstić information content (AvgIpc) is 2.70. The van der Waals surface area contributed by atoms with Gasteiger partial charge in [0.15, 0.2) is 0 Å². The molecule has 0 aliphatic heterocycles. The van der Waals surface area contributed by atoms with Gasteiger partial charge in [-0.2, -0.15) is 0 Å². The summed E-state index contributed by atoms with van der Waals surface area (Å²) in [5, 5.41) is 0. The summed E-state index contributed by atoms with van der Waals surface area (Å²) in [6, 6.07) is 0. The molecular weight excluding hydrogens is 322 g/mol. The van der Waals surface area contributed by atoms with Crippen LogP contribution in [-0.2, 0) is 0 Å². The monoisotopic (exact) mass is 365 g/mol. The van der Waals surface area contributed by atoms with Crippen molar-refractivity contribution in [2.24, 2.45) is 17.8 Å². The molecule has 0 bridgehead atoms. The lowest BCUT2D eigenvalue weighted by Gasteiger charge is -2.30. The molecule has 0 atom stereocenters. The van der Waals surface area contributed by atoms with Gasteiger partial charge >= 0.3 is 0 Å². The van der Waals surface area contributed by atoms with Crippen LogP contribution in [0.25, 0.3) is 0 Å². The van der Waals surface area contributed by atoms with Crippen molar-refractivity contribution in [3.8, 4) is 0 Å². The van der Waals surface area contributed by atoms with Crippen LogP contribution in [0.3, 0.4) is 0 Å². The summed E-state index contributed by atoms with van der Waals surface area (Å²) < 4.78 is 0. The minimum Gasteiger partial charge on any atom is -0.316 e. The zero-order chi connectivity index (χ0) is 17.2. The van der Waals surface area contributed by atoms with Gasteiger partial charge in [0.2, 0.25) is 0 Å². The molecule has 3 nitrogen and oxygen atoms in total. The van der Waals surface area contributed by atoms with Gasteiger partial charge in [-0.1, -0.05) is 57.8 Å². The van der Waals surface area contributed by atoms with Crippen LogP contribution in [0.5, 0.6) is 0 Å². The fraction of sp³-hybridized carbons (Fsp3) is 1.00. The highest BCUT2D eigenvalue weighted by atomic mass is 28.3. The molecule has 0 radical (unpaired) electrons. The van der Waals surface area contributed by atoms with Crippen molar-refractivity contribution >= 4 is 9.28 Å². The Labute approximate surface area is 158 Å². The maximum absolute atomic E-state index is 3.99. The van der Waals surface area contributed by atoms with Crippen molar-refractivity contribution in [2.75, 3.05) is 19.6 Å². The van der Waals surface area contributed by atoms with Gasteiger partial charge < -0.3 is 14.9 Å². The van der Waals surface area contributed by atoms with Crippen molar-refractivity contribution in [3.63, 3.8) is 0 Å². The summed E-state index contributed by atoms with van der Waals surface area (Å²) in [6.45, 7) is 3.77. The smallest absolute Gasteiger partial charge is 0.264 e. The predicted octanol–water partition coefficient (Wildman–Crippen LogP) is 4.21. The van der Waals surface area contributed by atoms with Crippen LogP contribution in [0.2, 0.25) is 0 Å². The first kappa shape index (κ1) is 19.8. The van der Waals surface area contributed by atoms with E-state index >= 15 is 0 Å².